The molecule has 4 atom stereocenters. The Labute approximate surface area is 177 Å². The van der Waals surface area contributed by atoms with Gasteiger partial charge in [0.2, 0.25) is 5.88 Å². The molecule has 0 spiro atoms. The van der Waals surface area contributed by atoms with Crippen LogP contribution in [0.3, 0.4) is 0 Å². The molecule has 1 saturated heterocycles. The lowest BCUT2D eigenvalue weighted by atomic mass is 10.1. The number of carbonyl (C=O) groups excluding carboxylic acids is 1. The number of aliphatic hydroxyl groups is 2. The molecule has 31 heavy (non-hydrogen) atoms. The highest BCUT2D eigenvalue weighted by Crippen LogP contribution is 2.33. The molecular formula is C19H23N7O5. The summed E-state index contributed by atoms with van der Waals surface area (Å²) < 4.78 is 12.3. The number of ether oxygens (including phenoxy) is 2. The molecule has 3 unspecified atom stereocenters. The Balaban J connectivity index is 1.76. The Kier molecular flexibility index (Phi) is 5.67. The van der Waals surface area contributed by atoms with Crippen molar-refractivity contribution in [1.29, 1.82) is 0 Å². The summed E-state index contributed by atoms with van der Waals surface area (Å²) in [4.78, 5) is 29.8. The zero-order valence-electron chi connectivity index (χ0n) is 17.2. The predicted octanol–water partition coefficient (Wildman–Crippen LogP) is -0.306. The highest BCUT2D eigenvalue weighted by atomic mass is 16.6. The predicted molar refractivity (Wildman–Crippen MR) is 109 cm³/mol. The van der Waals surface area contributed by atoms with E-state index in [4.69, 9.17) is 9.47 Å². The largest absolute Gasteiger partial charge is 0.481 e. The number of aromatic nitrogens is 5. The first-order chi connectivity index (χ1) is 15.0. The van der Waals surface area contributed by atoms with Gasteiger partial charge in [0.25, 0.3) is 5.91 Å². The van der Waals surface area contributed by atoms with Crippen LogP contribution in [-0.2, 0) is 9.53 Å². The second-order valence-corrected chi connectivity index (χ2v) is 6.88. The minimum Gasteiger partial charge on any atom is -0.481 e. The van der Waals surface area contributed by atoms with Gasteiger partial charge in [0.1, 0.15) is 12.2 Å². The highest BCUT2D eigenvalue weighted by molar-refractivity contribution is 5.85. The van der Waals surface area contributed by atoms with Gasteiger partial charge in [0.15, 0.2) is 35.1 Å². The van der Waals surface area contributed by atoms with Gasteiger partial charge in [-0.2, -0.15) is 0 Å². The lowest BCUT2D eigenvalue weighted by molar-refractivity contribution is -0.137. The summed E-state index contributed by atoms with van der Waals surface area (Å²) in [6.07, 6.45) is -2.02. The van der Waals surface area contributed by atoms with Gasteiger partial charge in [-0.25, -0.2) is 19.9 Å². The van der Waals surface area contributed by atoms with Crippen LogP contribution in [0.15, 0.2) is 24.7 Å². The molecule has 1 fully saturated rings. The Hall–Kier alpha value is -3.35. The van der Waals surface area contributed by atoms with Crippen LogP contribution in [0.25, 0.3) is 22.6 Å². The second kappa shape index (κ2) is 8.41. The molecule has 3 aromatic heterocycles. The van der Waals surface area contributed by atoms with Crippen molar-refractivity contribution in [2.75, 3.05) is 26.0 Å². The van der Waals surface area contributed by atoms with Crippen LogP contribution in [0.5, 0.6) is 5.88 Å². The third kappa shape index (κ3) is 3.65. The maximum absolute atomic E-state index is 12.2. The number of carbonyl (C=O) groups is 1. The number of rotatable bonds is 6. The van der Waals surface area contributed by atoms with Crippen LogP contribution in [0.1, 0.15) is 13.2 Å². The molecule has 4 N–H and O–H groups in total. The van der Waals surface area contributed by atoms with Crippen molar-refractivity contribution < 1.29 is 24.5 Å². The fourth-order valence-corrected chi connectivity index (χ4v) is 3.42. The number of amides is 1. The van der Waals surface area contributed by atoms with E-state index in [-0.39, 0.29) is 0 Å². The summed E-state index contributed by atoms with van der Waals surface area (Å²) in [5.41, 5.74) is 1.44. The monoisotopic (exact) mass is 429 g/mol. The average Bonchev–Trinajstić information content (AvgIpc) is 3.34. The summed E-state index contributed by atoms with van der Waals surface area (Å²) >= 11 is 0. The fourth-order valence-electron chi connectivity index (χ4n) is 3.42. The Morgan fingerprint density at radius 3 is 2.71 bits per heavy atom. The minimum absolute atomic E-state index is 0.359. The van der Waals surface area contributed by atoms with E-state index < -0.39 is 30.4 Å². The molecule has 0 radical (unpaired) electrons. The molecule has 0 aliphatic carbocycles. The van der Waals surface area contributed by atoms with E-state index in [2.05, 4.69) is 30.6 Å². The molecule has 12 nitrogen and oxygen atoms in total. The van der Waals surface area contributed by atoms with Gasteiger partial charge in [-0.1, -0.05) is 0 Å². The molecule has 12 heteroatoms. The number of methoxy groups -OCH3 is 1. The Morgan fingerprint density at radius 1 is 1.26 bits per heavy atom. The summed E-state index contributed by atoms with van der Waals surface area (Å²) in [5, 5.41) is 26.5. The first-order valence-corrected chi connectivity index (χ1v) is 9.70. The average molecular weight is 429 g/mol. The van der Waals surface area contributed by atoms with Gasteiger partial charge in [-0.3, -0.25) is 9.36 Å². The lowest BCUT2D eigenvalue weighted by Crippen LogP contribution is -2.42. The third-order valence-electron chi connectivity index (χ3n) is 4.98. The third-order valence-corrected chi connectivity index (χ3v) is 4.98. The topological polar surface area (TPSA) is 157 Å². The van der Waals surface area contributed by atoms with Crippen molar-refractivity contribution in [1.82, 2.24) is 29.8 Å². The molecule has 4 heterocycles. The number of hydrogen-bond acceptors (Lipinski definition) is 10. The van der Waals surface area contributed by atoms with Gasteiger partial charge >= 0.3 is 0 Å². The van der Waals surface area contributed by atoms with Crippen molar-refractivity contribution in [3.8, 4) is 17.3 Å². The van der Waals surface area contributed by atoms with E-state index in [1.54, 1.807) is 32.3 Å². The first kappa shape index (κ1) is 20.9. The van der Waals surface area contributed by atoms with Gasteiger partial charge in [-0.15, -0.1) is 0 Å². The first-order valence-electron chi connectivity index (χ1n) is 9.70. The van der Waals surface area contributed by atoms with E-state index in [1.165, 1.54) is 18.0 Å². The molecule has 1 amide bonds. The SMILES string of the molecule is CCNC(=O)[C@@H]1OC(n2cnc3c(NC)nc(-c4ccc(OC)nc4)nc32)C(O)C1O. The molecule has 0 aromatic carbocycles. The number of fused-ring (bicyclic) bond motifs is 1. The maximum Gasteiger partial charge on any atom is 0.252 e. The van der Waals surface area contributed by atoms with E-state index in [0.717, 1.165) is 0 Å². The molecule has 0 bridgehead atoms. The van der Waals surface area contributed by atoms with E-state index in [9.17, 15) is 15.0 Å². The number of hydrogen-bond donors (Lipinski definition) is 4. The smallest absolute Gasteiger partial charge is 0.252 e. The van der Waals surface area contributed by atoms with Crippen LogP contribution >= 0.6 is 0 Å². The maximum atomic E-state index is 12.2. The zero-order chi connectivity index (χ0) is 22.1. The second-order valence-electron chi connectivity index (χ2n) is 6.88. The van der Waals surface area contributed by atoms with E-state index in [1.807, 2.05) is 0 Å². The number of nitrogens with zero attached hydrogens (tertiary/aromatic N) is 5. The van der Waals surface area contributed by atoms with Crippen LogP contribution in [0.2, 0.25) is 0 Å². The van der Waals surface area contributed by atoms with Crippen molar-refractivity contribution in [3.63, 3.8) is 0 Å². The molecule has 1 aliphatic rings. The zero-order valence-corrected chi connectivity index (χ0v) is 17.2. The standard InChI is InChI=1S/C19H23N7O5/c1-4-21-18(29)14-12(27)13(28)19(31-14)26-8-23-11-16(20-2)24-15(25-17(11)26)9-5-6-10(30-3)22-7-9/h5-8,12-14,19,27-28H,4H2,1-3H3,(H,21,29)(H,20,24,25)/t12?,13?,14-,19?/m1/s1. The van der Waals surface area contributed by atoms with E-state index in [0.29, 0.717) is 40.8 Å². The summed E-state index contributed by atoms with van der Waals surface area (Å²) in [6, 6.07) is 3.46. The number of anilines is 1. The Morgan fingerprint density at radius 2 is 2.06 bits per heavy atom. The summed E-state index contributed by atoms with van der Waals surface area (Å²) in [5.74, 6) is 0.776. The highest BCUT2D eigenvalue weighted by Gasteiger charge is 2.47. The number of imidazole rings is 1. The van der Waals surface area contributed by atoms with Gasteiger partial charge in [0, 0.05) is 31.4 Å². The summed E-state index contributed by atoms with van der Waals surface area (Å²) in [7, 11) is 3.23. The fraction of sp³-hybridized carbons (Fsp3) is 0.421. The Bertz CT molecular complexity index is 1090. The van der Waals surface area contributed by atoms with E-state index >= 15 is 0 Å². The molecule has 0 saturated carbocycles. The molecule has 3 aromatic rings. The van der Waals surface area contributed by atoms with Crippen molar-refractivity contribution in [2.45, 2.75) is 31.5 Å². The van der Waals surface area contributed by atoms with Gasteiger partial charge in [0.05, 0.1) is 13.4 Å². The minimum atomic E-state index is -1.40. The number of likely N-dealkylation sites (N-methyl/N-ethyl adjacent to an activating group) is 1. The number of aliphatic hydroxyl groups excluding tert-OH is 2. The van der Waals surface area contributed by atoms with Crippen LogP contribution in [-0.4, -0.2) is 79.6 Å². The molecule has 4 rings (SSSR count). The number of pyridine rings is 1. The van der Waals surface area contributed by atoms with Crippen LogP contribution in [0, 0.1) is 0 Å². The summed E-state index contributed by atoms with van der Waals surface area (Å²) in [6.45, 7) is 2.13. The van der Waals surface area contributed by atoms with Crippen molar-refractivity contribution in [2.24, 2.45) is 0 Å². The van der Waals surface area contributed by atoms with Gasteiger partial charge < -0.3 is 30.3 Å². The molecule has 164 valence electrons. The molecule has 1 aliphatic heterocycles. The lowest BCUT2D eigenvalue weighted by Gasteiger charge is -2.17. The van der Waals surface area contributed by atoms with Crippen molar-refractivity contribution in [3.05, 3.63) is 24.7 Å². The van der Waals surface area contributed by atoms with Crippen LogP contribution in [0.4, 0.5) is 5.82 Å². The van der Waals surface area contributed by atoms with Crippen molar-refractivity contribution >= 4 is 22.9 Å². The quantitative estimate of drug-likeness (QED) is 0.410. The normalized spacial score (nSPS) is 23.1. The van der Waals surface area contributed by atoms with Crippen LogP contribution < -0.4 is 15.4 Å². The van der Waals surface area contributed by atoms with Gasteiger partial charge in [-0.05, 0) is 13.0 Å². The number of nitrogens with one attached hydrogen (secondary N) is 2. The molecular weight excluding hydrogens is 406 g/mol.